The van der Waals surface area contributed by atoms with Gasteiger partial charge in [-0.25, -0.2) is 9.97 Å². The van der Waals surface area contributed by atoms with Crippen molar-refractivity contribution in [2.75, 3.05) is 0 Å². The lowest BCUT2D eigenvalue weighted by Crippen LogP contribution is -2.59. The third-order valence-corrected chi connectivity index (χ3v) is 18.7. The van der Waals surface area contributed by atoms with Crippen LogP contribution in [0.25, 0.3) is 153 Å². The van der Waals surface area contributed by atoms with Crippen LogP contribution in [0, 0.1) is 0 Å². The Morgan fingerprint density at radius 2 is 0.864 bits per heavy atom. The van der Waals surface area contributed by atoms with Crippen molar-refractivity contribution in [2.45, 2.75) is 52.4 Å². The van der Waals surface area contributed by atoms with Crippen molar-refractivity contribution in [1.82, 2.24) is 19.1 Å². The topological polar surface area (TPSA) is 35.6 Å². The molecule has 0 amide bonds. The van der Waals surface area contributed by atoms with Crippen molar-refractivity contribution in [3.63, 3.8) is 0 Å². The maximum absolute atomic E-state index is 6.04. The van der Waals surface area contributed by atoms with E-state index >= 15 is 0 Å². The molecule has 0 atom stereocenters. The minimum atomic E-state index is -0.166. The normalized spacial score (nSPS) is 13.3. The van der Waals surface area contributed by atoms with Crippen LogP contribution < -0.4 is 16.4 Å². The Morgan fingerprint density at radius 3 is 1.53 bits per heavy atom. The second kappa shape index (κ2) is 15.6. The van der Waals surface area contributed by atoms with E-state index in [9.17, 15) is 0 Å². The van der Waals surface area contributed by atoms with Gasteiger partial charge >= 0.3 is 0 Å². The van der Waals surface area contributed by atoms with Crippen LogP contribution >= 0.6 is 0 Å². The summed E-state index contributed by atoms with van der Waals surface area (Å²) in [5, 5.41) is 17.3. The lowest BCUT2D eigenvalue weighted by Gasteiger charge is -2.35. The Hall–Kier alpha value is -9.58. The standard InChI is InChI=1S/C76H53BN4/c1-75(2,3)44-32-34-63-57(38-44)58-39-45(76(4,5)6)40-61-72(58)81(63)74-68-65(41-62-71(74)79-70-56-31-19-16-28-52(56)51-27-15-18-30-55(51)69(70)78-62)80-64-35-33-54-50-26-13-12-24-48(50)49-25-14-17-29-53(49)66(54)67(64)59-36-43(37-60(73(59)80)77(61)68)47-23-11-10-22-46(47)42-20-8-7-9-21-42/h7-41H,1-6H3. The van der Waals surface area contributed by atoms with E-state index < -0.39 is 0 Å². The van der Waals surface area contributed by atoms with Gasteiger partial charge in [0.05, 0.1) is 33.3 Å². The quantitative estimate of drug-likeness (QED) is 0.0983. The molecule has 0 fully saturated rings. The van der Waals surface area contributed by atoms with Gasteiger partial charge in [-0.3, -0.25) is 0 Å². The highest BCUT2D eigenvalue weighted by Gasteiger charge is 2.44. The summed E-state index contributed by atoms with van der Waals surface area (Å²) in [6.45, 7) is 14.0. The van der Waals surface area contributed by atoms with E-state index in [0.29, 0.717) is 0 Å². The molecule has 18 rings (SSSR count). The van der Waals surface area contributed by atoms with E-state index in [-0.39, 0.29) is 17.5 Å². The van der Waals surface area contributed by atoms with Crippen LogP contribution in [0.1, 0.15) is 52.7 Å². The molecule has 0 saturated heterocycles. The van der Waals surface area contributed by atoms with E-state index in [1.165, 1.54) is 136 Å². The predicted molar refractivity (Wildman–Crippen MR) is 346 cm³/mol. The first-order valence-electron chi connectivity index (χ1n) is 28.7. The van der Waals surface area contributed by atoms with E-state index in [2.05, 4.69) is 263 Å². The Balaban J connectivity index is 1.10. The predicted octanol–water partition coefficient (Wildman–Crippen LogP) is 17.8. The fourth-order valence-corrected chi connectivity index (χ4v) is 15.0. The van der Waals surface area contributed by atoms with Gasteiger partial charge < -0.3 is 9.13 Å². The number of aromatic nitrogens is 4. The van der Waals surface area contributed by atoms with Crippen molar-refractivity contribution < 1.29 is 0 Å². The van der Waals surface area contributed by atoms with Gasteiger partial charge in [-0.05, 0) is 135 Å². The lowest BCUT2D eigenvalue weighted by atomic mass is 9.34. The largest absolute Gasteiger partial charge is 0.310 e. The minimum Gasteiger partial charge on any atom is -0.310 e. The molecule has 3 aromatic heterocycles. The van der Waals surface area contributed by atoms with Crippen LogP contribution in [0.5, 0.6) is 0 Å². The summed E-state index contributed by atoms with van der Waals surface area (Å²) < 4.78 is 5.27. The monoisotopic (exact) mass is 1030 g/mol. The number of rotatable bonds is 2. The second-order valence-corrected chi connectivity index (χ2v) is 25.2. The smallest absolute Gasteiger partial charge is 0.252 e. The van der Waals surface area contributed by atoms with Crippen LogP contribution in [0.15, 0.2) is 212 Å². The Bertz CT molecular complexity index is 5520. The van der Waals surface area contributed by atoms with Gasteiger partial charge in [0.15, 0.2) is 0 Å². The molecule has 81 heavy (non-hydrogen) atoms. The molecule has 0 bridgehead atoms. The third-order valence-electron chi connectivity index (χ3n) is 18.7. The lowest BCUT2D eigenvalue weighted by molar-refractivity contribution is 0.590. The highest BCUT2D eigenvalue weighted by atomic mass is 15.1. The zero-order chi connectivity index (χ0) is 53.9. The molecule has 0 radical (unpaired) electrons. The van der Waals surface area contributed by atoms with E-state index in [1.54, 1.807) is 0 Å². The average Bonchev–Trinajstić information content (AvgIpc) is 2.10. The summed E-state index contributed by atoms with van der Waals surface area (Å²) >= 11 is 0. The molecule has 0 aliphatic carbocycles. The molecule has 0 spiro atoms. The summed E-state index contributed by atoms with van der Waals surface area (Å²) in [6, 6.07) is 80.3. The first-order valence-corrected chi connectivity index (χ1v) is 28.7. The Labute approximate surface area is 468 Å². The number of hydrogen-bond donors (Lipinski definition) is 0. The Kier molecular flexibility index (Phi) is 8.74. The van der Waals surface area contributed by atoms with Crippen LogP contribution in [0.3, 0.4) is 0 Å². The molecule has 2 aliphatic heterocycles. The first-order chi connectivity index (χ1) is 39.5. The van der Waals surface area contributed by atoms with Gasteiger partial charge in [-0.1, -0.05) is 217 Å². The molecular weight excluding hydrogens is 980 g/mol. The van der Waals surface area contributed by atoms with Crippen LogP contribution in [0.2, 0.25) is 0 Å². The summed E-state index contributed by atoms with van der Waals surface area (Å²) in [5.74, 6) is 0. The molecule has 380 valence electrons. The number of benzene rings is 13. The number of hydrogen-bond acceptors (Lipinski definition) is 2. The molecule has 0 unspecified atom stereocenters. The second-order valence-electron chi connectivity index (χ2n) is 25.2. The molecule has 0 N–H and O–H groups in total. The fraction of sp³-hybridized carbons (Fsp3) is 0.105. The maximum Gasteiger partial charge on any atom is 0.252 e. The van der Waals surface area contributed by atoms with E-state index in [4.69, 9.17) is 9.97 Å². The van der Waals surface area contributed by atoms with Crippen molar-refractivity contribution >= 4 is 143 Å². The summed E-state index contributed by atoms with van der Waals surface area (Å²) in [7, 11) is 0. The molecule has 5 heteroatoms. The molecule has 5 heterocycles. The first kappa shape index (κ1) is 45.3. The molecule has 16 aromatic rings. The molecule has 4 nitrogen and oxygen atoms in total. The van der Waals surface area contributed by atoms with Gasteiger partial charge in [-0.15, -0.1) is 0 Å². The molecular formula is C76H53BN4. The highest BCUT2D eigenvalue weighted by Crippen LogP contribution is 2.49. The van der Waals surface area contributed by atoms with Crippen molar-refractivity contribution in [2.24, 2.45) is 0 Å². The Morgan fingerprint density at radius 1 is 0.346 bits per heavy atom. The maximum atomic E-state index is 6.04. The third kappa shape index (κ3) is 5.95. The summed E-state index contributed by atoms with van der Waals surface area (Å²) in [6.07, 6.45) is 0. The fourth-order valence-electron chi connectivity index (χ4n) is 15.0. The average molecular weight is 1030 g/mol. The minimum absolute atomic E-state index is 0.0564. The molecule has 13 aromatic carbocycles. The zero-order valence-electron chi connectivity index (χ0n) is 46.1. The zero-order valence-corrected chi connectivity index (χ0v) is 46.1. The van der Waals surface area contributed by atoms with Crippen molar-refractivity contribution in [1.29, 1.82) is 0 Å². The number of nitrogens with zero attached hydrogens (tertiary/aromatic N) is 4. The van der Waals surface area contributed by atoms with Gasteiger partial charge in [0.2, 0.25) is 0 Å². The van der Waals surface area contributed by atoms with Gasteiger partial charge in [0, 0.05) is 54.4 Å². The summed E-state index contributed by atoms with van der Waals surface area (Å²) in [4.78, 5) is 12.0. The van der Waals surface area contributed by atoms with Crippen LogP contribution in [0.4, 0.5) is 0 Å². The van der Waals surface area contributed by atoms with Crippen molar-refractivity contribution in [3.8, 4) is 33.6 Å². The van der Waals surface area contributed by atoms with Gasteiger partial charge in [-0.2, -0.15) is 0 Å². The summed E-state index contributed by atoms with van der Waals surface area (Å²) in [5.41, 5.74) is 22.0. The van der Waals surface area contributed by atoms with Gasteiger partial charge in [0.1, 0.15) is 5.52 Å². The van der Waals surface area contributed by atoms with E-state index in [0.717, 1.165) is 44.2 Å². The van der Waals surface area contributed by atoms with Crippen LogP contribution in [-0.2, 0) is 10.8 Å². The molecule has 0 saturated carbocycles. The van der Waals surface area contributed by atoms with Gasteiger partial charge in [0.25, 0.3) is 6.71 Å². The van der Waals surface area contributed by atoms with Crippen molar-refractivity contribution in [3.05, 3.63) is 223 Å². The number of fused-ring (bicyclic) bond motifs is 25. The van der Waals surface area contributed by atoms with E-state index in [1.807, 2.05) is 0 Å². The highest BCUT2D eigenvalue weighted by molar-refractivity contribution is 7.00. The van der Waals surface area contributed by atoms with Crippen LogP contribution in [-0.4, -0.2) is 25.8 Å². The molecule has 2 aliphatic rings. The SMILES string of the molecule is CC(C)(C)c1ccc2c(c1)c1cc(C(C)(C)C)cc3c1n2-c1c2c(cc4nc5c6ccccc6c6ccccc6c5nc14)-n1c4ccc5c6ccccc6c6ccccc6c5c4c4cc(-c5ccccc5-c5ccccc5)cc(c41)B23.